The van der Waals surface area contributed by atoms with Crippen LogP contribution in [0.25, 0.3) is 0 Å². The van der Waals surface area contributed by atoms with Crippen LogP contribution in [0.4, 0.5) is 10.1 Å². The number of hydrogen-bond donors (Lipinski definition) is 1. The molecule has 0 radical (unpaired) electrons. The van der Waals surface area contributed by atoms with Crippen molar-refractivity contribution >= 4 is 23.7 Å². The van der Waals surface area contributed by atoms with E-state index in [0.717, 1.165) is 17.2 Å². The van der Waals surface area contributed by atoms with Crippen molar-refractivity contribution in [3.63, 3.8) is 0 Å². The molecule has 6 nitrogen and oxygen atoms in total. The zero-order chi connectivity index (χ0) is 17.8. The van der Waals surface area contributed by atoms with E-state index < -0.39 is 17.6 Å². The molecule has 0 spiro atoms. The van der Waals surface area contributed by atoms with Crippen molar-refractivity contribution in [2.75, 3.05) is 18.1 Å². The van der Waals surface area contributed by atoms with Crippen LogP contribution < -0.4 is 15.1 Å². The molecule has 0 bridgehead atoms. The number of nitrogens with zero attached hydrogens (tertiary/aromatic N) is 2. The summed E-state index contributed by atoms with van der Waals surface area (Å²) < 4.78 is 18.7. The molecule has 7 heteroatoms. The summed E-state index contributed by atoms with van der Waals surface area (Å²) >= 11 is 0. The maximum absolute atomic E-state index is 13.4. The lowest BCUT2D eigenvalue weighted by Crippen LogP contribution is -2.44. The fourth-order valence-electron chi connectivity index (χ4n) is 2.36. The second-order valence-electron chi connectivity index (χ2n) is 5.58. The van der Waals surface area contributed by atoms with E-state index in [2.05, 4.69) is 10.5 Å². The monoisotopic (exact) mass is 341 g/mol. The maximum atomic E-state index is 13.4. The number of benzene rings is 2. The van der Waals surface area contributed by atoms with Crippen molar-refractivity contribution in [3.8, 4) is 5.75 Å². The Kier molecular flexibility index (Phi) is 4.74. The van der Waals surface area contributed by atoms with Gasteiger partial charge in [-0.05, 0) is 24.6 Å². The lowest BCUT2D eigenvalue weighted by Gasteiger charge is -2.28. The summed E-state index contributed by atoms with van der Waals surface area (Å²) in [6.07, 6.45) is 1.51. The SMILES string of the molecule is Cc1ccc(/C=N/NC(=O)CN2C(=O)COc3ccc(F)cc32)cc1. The summed E-state index contributed by atoms with van der Waals surface area (Å²) in [5.74, 6) is -1.07. The first-order valence-electron chi connectivity index (χ1n) is 7.64. The molecule has 1 aliphatic rings. The van der Waals surface area contributed by atoms with E-state index in [1.165, 1.54) is 23.2 Å². The number of amides is 2. The first kappa shape index (κ1) is 16.6. The number of halogens is 1. The molecule has 2 aromatic rings. The predicted octanol–water partition coefficient (Wildman–Crippen LogP) is 2.01. The highest BCUT2D eigenvalue weighted by atomic mass is 19.1. The number of carbonyl (C=O) groups is 2. The third-order valence-electron chi connectivity index (χ3n) is 3.65. The number of hydrazone groups is 1. The molecule has 128 valence electrons. The third-order valence-corrected chi connectivity index (χ3v) is 3.65. The van der Waals surface area contributed by atoms with Gasteiger partial charge in [0.05, 0.1) is 11.9 Å². The lowest BCUT2D eigenvalue weighted by molar-refractivity contribution is -0.125. The molecule has 0 fully saturated rings. The van der Waals surface area contributed by atoms with Gasteiger partial charge in [0.25, 0.3) is 11.8 Å². The van der Waals surface area contributed by atoms with E-state index in [9.17, 15) is 14.0 Å². The van der Waals surface area contributed by atoms with Crippen LogP contribution in [0.1, 0.15) is 11.1 Å². The summed E-state index contributed by atoms with van der Waals surface area (Å²) in [4.78, 5) is 25.2. The van der Waals surface area contributed by atoms with E-state index in [0.29, 0.717) is 5.75 Å². The van der Waals surface area contributed by atoms with Crippen molar-refractivity contribution in [1.29, 1.82) is 0 Å². The highest BCUT2D eigenvalue weighted by Crippen LogP contribution is 2.32. The van der Waals surface area contributed by atoms with Crippen molar-refractivity contribution in [2.45, 2.75) is 6.92 Å². The van der Waals surface area contributed by atoms with Gasteiger partial charge >= 0.3 is 0 Å². The van der Waals surface area contributed by atoms with Crippen LogP contribution in [0.2, 0.25) is 0 Å². The first-order valence-corrected chi connectivity index (χ1v) is 7.64. The normalized spacial score (nSPS) is 13.5. The van der Waals surface area contributed by atoms with Gasteiger partial charge in [-0.25, -0.2) is 9.82 Å². The van der Waals surface area contributed by atoms with Crippen molar-refractivity contribution in [3.05, 3.63) is 59.4 Å². The minimum absolute atomic E-state index is 0.196. The van der Waals surface area contributed by atoms with Crippen LogP contribution >= 0.6 is 0 Å². The van der Waals surface area contributed by atoms with Crippen molar-refractivity contribution < 1.29 is 18.7 Å². The van der Waals surface area contributed by atoms with Crippen LogP contribution in [-0.4, -0.2) is 31.2 Å². The Balaban J connectivity index is 1.65. The Morgan fingerprint density at radius 1 is 1.32 bits per heavy atom. The molecule has 0 aromatic heterocycles. The summed E-state index contributed by atoms with van der Waals surface area (Å²) in [5, 5.41) is 3.87. The van der Waals surface area contributed by atoms with Gasteiger partial charge in [0, 0.05) is 6.07 Å². The molecular formula is C18H16FN3O3. The van der Waals surface area contributed by atoms with E-state index in [1.54, 1.807) is 0 Å². The molecule has 1 N–H and O–H groups in total. The second kappa shape index (κ2) is 7.12. The largest absolute Gasteiger partial charge is 0.482 e. The highest BCUT2D eigenvalue weighted by Gasteiger charge is 2.27. The maximum Gasteiger partial charge on any atom is 0.265 e. The molecule has 0 saturated heterocycles. The summed E-state index contributed by atoms with van der Waals surface area (Å²) in [6.45, 7) is 1.51. The Bertz CT molecular complexity index is 834. The fourth-order valence-corrected chi connectivity index (χ4v) is 2.36. The molecule has 3 rings (SSSR count). The topological polar surface area (TPSA) is 71.0 Å². The summed E-state index contributed by atoms with van der Waals surface area (Å²) in [6, 6.07) is 11.4. The molecule has 1 heterocycles. The first-order chi connectivity index (χ1) is 12.0. The average molecular weight is 341 g/mol. The zero-order valence-electron chi connectivity index (χ0n) is 13.5. The number of fused-ring (bicyclic) bond motifs is 1. The number of rotatable bonds is 4. The molecule has 25 heavy (non-hydrogen) atoms. The lowest BCUT2D eigenvalue weighted by atomic mass is 10.2. The van der Waals surface area contributed by atoms with Gasteiger partial charge in [-0.1, -0.05) is 29.8 Å². The van der Waals surface area contributed by atoms with Gasteiger partial charge in [0.15, 0.2) is 6.61 Å². The molecule has 2 aromatic carbocycles. The number of ether oxygens (including phenoxy) is 1. The Hall–Kier alpha value is -3.22. The molecule has 0 saturated carbocycles. The second-order valence-corrected chi connectivity index (χ2v) is 5.58. The fraction of sp³-hybridized carbons (Fsp3) is 0.167. The van der Waals surface area contributed by atoms with Crippen molar-refractivity contribution in [2.24, 2.45) is 5.10 Å². The number of carbonyl (C=O) groups excluding carboxylic acids is 2. The number of hydrogen-bond acceptors (Lipinski definition) is 4. The molecule has 1 aliphatic heterocycles. The number of aryl methyl sites for hydroxylation is 1. The molecule has 0 unspecified atom stereocenters. The van der Waals surface area contributed by atoms with Gasteiger partial charge in [-0.15, -0.1) is 0 Å². The van der Waals surface area contributed by atoms with Crippen LogP contribution in [0, 0.1) is 12.7 Å². The van der Waals surface area contributed by atoms with E-state index in [4.69, 9.17) is 4.74 Å². The molecule has 2 amide bonds. The summed E-state index contributed by atoms with van der Waals surface area (Å²) in [5.41, 5.74) is 4.55. The summed E-state index contributed by atoms with van der Waals surface area (Å²) in [7, 11) is 0. The predicted molar refractivity (Wildman–Crippen MR) is 91.2 cm³/mol. The standard InChI is InChI=1S/C18H16FN3O3/c1-12-2-4-13(5-3-12)9-20-21-17(23)10-22-15-8-14(19)6-7-16(15)25-11-18(22)24/h2-9H,10-11H2,1H3,(H,21,23)/b20-9+. The van der Waals surface area contributed by atoms with Gasteiger partial charge in [0.2, 0.25) is 0 Å². The Labute approximate surface area is 143 Å². The van der Waals surface area contributed by atoms with Crippen LogP contribution in [0.15, 0.2) is 47.6 Å². The zero-order valence-corrected chi connectivity index (χ0v) is 13.5. The van der Waals surface area contributed by atoms with Gasteiger partial charge in [-0.3, -0.25) is 14.5 Å². The minimum atomic E-state index is -0.514. The quantitative estimate of drug-likeness (QED) is 0.683. The Morgan fingerprint density at radius 3 is 2.84 bits per heavy atom. The smallest absolute Gasteiger partial charge is 0.265 e. The minimum Gasteiger partial charge on any atom is -0.482 e. The van der Waals surface area contributed by atoms with E-state index in [-0.39, 0.29) is 18.8 Å². The van der Waals surface area contributed by atoms with Crippen molar-refractivity contribution in [1.82, 2.24) is 5.43 Å². The Morgan fingerprint density at radius 2 is 2.08 bits per heavy atom. The number of anilines is 1. The van der Waals surface area contributed by atoms with Gasteiger partial charge < -0.3 is 4.74 Å². The molecule has 0 aliphatic carbocycles. The van der Waals surface area contributed by atoms with Gasteiger partial charge in [0.1, 0.15) is 18.1 Å². The highest BCUT2D eigenvalue weighted by molar-refractivity contribution is 6.02. The van der Waals surface area contributed by atoms with Gasteiger partial charge in [-0.2, -0.15) is 5.10 Å². The van der Waals surface area contributed by atoms with Crippen LogP contribution in [0.5, 0.6) is 5.75 Å². The van der Waals surface area contributed by atoms with E-state index >= 15 is 0 Å². The van der Waals surface area contributed by atoms with Crippen LogP contribution in [-0.2, 0) is 9.59 Å². The van der Waals surface area contributed by atoms with E-state index in [1.807, 2.05) is 31.2 Å². The average Bonchev–Trinajstić information content (AvgIpc) is 2.59. The molecular weight excluding hydrogens is 325 g/mol. The number of nitrogens with one attached hydrogen (secondary N) is 1. The molecule has 0 atom stereocenters. The van der Waals surface area contributed by atoms with Crippen LogP contribution in [0.3, 0.4) is 0 Å². The third kappa shape index (κ3) is 4.00.